The summed E-state index contributed by atoms with van der Waals surface area (Å²) in [6, 6.07) is 4.48. The Bertz CT molecular complexity index is 677. The smallest absolute Gasteiger partial charge is 0.326 e. The fraction of sp³-hybridized carbons (Fsp3) is 0.286. The number of rotatable bonds is 4. The summed E-state index contributed by atoms with van der Waals surface area (Å²) in [6.07, 6.45) is 0.310. The predicted molar refractivity (Wildman–Crippen MR) is 77.8 cm³/mol. The number of fused-ring (bicyclic) bond motifs is 1. The summed E-state index contributed by atoms with van der Waals surface area (Å²) in [6.45, 7) is 3.63. The number of carboxylic acid groups (broad SMARTS) is 1. The van der Waals surface area contributed by atoms with Gasteiger partial charge in [-0.2, -0.15) is 0 Å². The number of furan rings is 1. The molecule has 0 saturated carbocycles. The average molecular weight is 340 g/mol. The van der Waals surface area contributed by atoms with E-state index in [1.165, 1.54) is 0 Å². The lowest BCUT2D eigenvalue weighted by molar-refractivity contribution is -0.139. The number of aliphatic carboxylic acids is 1. The minimum atomic E-state index is -1.06. The number of carbonyl (C=O) groups is 2. The van der Waals surface area contributed by atoms with Crippen molar-refractivity contribution in [3.8, 4) is 0 Å². The van der Waals surface area contributed by atoms with Crippen LogP contribution >= 0.6 is 15.9 Å². The van der Waals surface area contributed by atoms with E-state index in [4.69, 9.17) is 9.52 Å². The van der Waals surface area contributed by atoms with Crippen molar-refractivity contribution in [1.82, 2.24) is 5.32 Å². The van der Waals surface area contributed by atoms with Crippen molar-refractivity contribution >= 4 is 38.8 Å². The highest BCUT2D eigenvalue weighted by Crippen LogP contribution is 2.28. The summed E-state index contributed by atoms with van der Waals surface area (Å²) in [5.41, 5.74) is 1.61. The summed E-state index contributed by atoms with van der Waals surface area (Å²) >= 11 is 3.38. The first-order valence-electron chi connectivity index (χ1n) is 6.15. The zero-order chi connectivity index (χ0) is 14.9. The van der Waals surface area contributed by atoms with Crippen molar-refractivity contribution in [2.45, 2.75) is 26.3 Å². The van der Waals surface area contributed by atoms with Gasteiger partial charge in [0.15, 0.2) is 5.76 Å². The first-order valence-corrected chi connectivity index (χ1v) is 6.95. The number of aryl methyl sites for hydroxylation is 1. The number of benzene rings is 1. The molecule has 0 saturated heterocycles. The molecule has 6 heteroatoms. The maximum absolute atomic E-state index is 12.0. The van der Waals surface area contributed by atoms with Crippen LogP contribution in [0.5, 0.6) is 0 Å². The Balaban J connectivity index is 2.31. The van der Waals surface area contributed by atoms with Crippen LogP contribution in [0.25, 0.3) is 11.0 Å². The lowest BCUT2D eigenvalue weighted by Gasteiger charge is -2.10. The molecule has 2 N–H and O–H groups in total. The van der Waals surface area contributed by atoms with Crippen LogP contribution in [0.2, 0.25) is 0 Å². The zero-order valence-electron chi connectivity index (χ0n) is 11.1. The van der Waals surface area contributed by atoms with Gasteiger partial charge in [-0.3, -0.25) is 4.79 Å². The van der Waals surface area contributed by atoms with Gasteiger partial charge in [-0.15, -0.1) is 0 Å². The largest absolute Gasteiger partial charge is 0.480 e. The van der Waals surface area contributed by atoms with Gasteiger partial charge < -0.3 is 14.8 Å². The molecule has 0 spiro atoms. The van der Waals surface area contributed by atoms with Gasteiger partial charge in [0.1, 0.15) is 11.6 Å². The summed E-state index contributed by atoms with van der Waals surface area (Å²) in [7, 11) is 0. The van der Waals surface area contributed by atoms with Gasteiger partial charge in [0, 0.05) is 5.39 Å². The maximum atomic E-state index is 12.0. The van der Waals surface area contributed by atoms with Crippen LogP contribution in [0, 0.1) is 6.92 Å². The molecule has 2 rings (SSSR count). The molecule has 0 fully saturated rings. The Morgan fingerprint density at radius 3 is 2.70 bits per heavy atom. The van der Waals surface area contributed by atoms with Crippen molar-refractivity contribution in [3.05, 3.63) is 34.0 Å². The van der Waals surface area contributed by atoms with Crippen LogP contribution in [0.3, 0.4) is 0 Å². The molecule has 0 radical (unpaired) electrons. The van der Waals surface area contributed by atoms with Crippen molar-refractivity contribution in [2.24, 2.45) is 0 Å². The quantitative estimate of drug-likeness (QED) is 0.896. The van der Waals surface area contributed by atoms with Crippen molar-refractivity contribution in [1.29, 1.82) is 0 Å². The monoisotopic (exact) mass is 339 g/mol. The standard InChI is InChI=1S/C14H14BrNO4/c1-3-10(14(18)19)16-13(17)11-6-8-4-7(2)5-9(15)12(8)20-11/h4-6,10H,3H2,1-2H3,(H,16,17)(H,18,19). The van der Waals surface area contributed by atoms with Crippen molar-refractivity contribution < 1.29 is 19.1 Å². The van der Waals surface area contributed by atoms with E-state index in [0.717, 1.165) is 15.4 Å². The molecule has 0 aliphatic heterocycles. The Kier molecular flexibility index (Phi) is 4.13. The number of carboxylic acids is 1. The van der Waals surface area contributed by atoms with Crippen LogP contribution in [0.4, 0.5) is 0 Å². The molecule has 106 valence electrons. The van der Waals surface area contributed by atoms with Crippen LogP contribution in [0.1, 0.15) is 29.5 Å². The van der Waals surface area contributed by atoms with Crippen LogP contribution in [0.15, 0.2) is 27.1 Å². The summed E-state index contributed by atoms with van der Waals surface area (Å²) in [5.74, 6) is -1.49. The summed E-state index contributed by atoms with van der Waals surface area (Å²) in [5, 5.41) is 12.2. The molecule has 1 heterocycles. The second-order valence-corrected chi connectivity index (χ2v) is 5.40. The van der Waals surface area contributed by atoms with E-state index in [1.807, 2.05) is 19.1 Å². The highest BCUT2D eigenvalue weighted by atomic mass is 79.9. The average Bonchev–Trinajstić information content (AvgIpc) is 2.79. The van der Waals surface area contributed by atoms with Crippen LogP contribution in [-0.4, -0.2) is 23.0 Å². The third-order valence-corrected chi connectivity index (χ3v) is 3.54. The molecule has 20 heavy (non-hydrogen) atoms. The maximum Gasteiger partial charge on any atom is 0.326 e. The first kappa shape index (κ1) is 14.6. The highest BCUT2D eigenvalue weighted by Gasteiger charge is 2.21. The topological polar surface area (TPSA) is 79.5 Å². The minimum Gasteiger partial charge on any atom is -0.480 e. The van der Waals surface area contributed by atoms with E-state index in [0.29, 0.717) is 12.0 Å². The molecular formula is C14H14BrNO4. The van der Waals surface area contributed by atoms with Gasteiger partial charge in [-0.1, -0.05) is 6.92 Å². The lowest BCUT2D eigenvalue weighted by Crippen LogP contribution is -2.40. The predicted octanol–water partition coefficient (Wildman–Crippen LogP) is 3.10. The van der Waals surface area contributed by atoms with E-state index in [9.17, 15) is 9.59 Å². The lowest BCUT2D eigenvalue weighted by atomic mass is 10.2. The second kappa shape index (κ2) is 5.66. The van der Waals surface area contributed by atoms with E-state index in [1.54, 1.807) is 13.0 Å². The normalized spacial score (nSPS) is 12.3. The van der Waals surface area contributed by atoms with Gasteiger partial charge in [-0.05, 0) is 53.0 Å². The number of hydrogen-bond acceptors (Lipinski definition) is 3. The molecule has 0 aliphatic rings. The van der Waals surface area contributed by atoms with Crippen LogP contribution < -0.4 is 5.32 Å². The molecule has 1 aromatic heterocycles. The number of halogens is 1. The molecular weight excluding hydrogens is 326 g/mol. The Labute approximate surface area is 124 Å². The number of amides is 1. The molecule has 2 aromatic rings. The third kappa shape index (κ3) is 2.85. The van der Waals surface area contributed by atoms with Crippen LogP contribution in [-0.2, 0) is 4.79 Å². The molecule has 1 amide bonds. The Morgan fingerprint density at radius 2 is 2.10 bits per heavy atom. The number of carbonyl (C=O) groups excluding carboxylic acids is 1. The molecule has 0 bridgehead atoms. The third-order valence-electron chi connectivity index (χ3n) is 2.95. The number of nitrogens with one attached hydrogen (secondary N) is 1. The van der Waals surface area contributed by atoms with Crippen molar-refractivity contribution in [3.63, 3.8) is 0 Å². The molecule has 1 unspecified atom stereocenters. The van der Waals surface area contributed by atoms with Gasteiger partial charge >= 0.3 is 5.97 Å². The Hall–Kier alpha value is -1.82. The molecule has 0 aliphatic carbocycles. The SMILES string of the molecule is CCC(NC(=O)c1cc2cc(C)cc(Br)c2o1)C(=O)O. The fourth-order valence-electron chi connectivity index (χ4n) is 1.93. The second-order valence-electron chi connectivity index (χ2n) is 4.55. The van der Waals surface area contributed by atoms with Crippen molar-refractivity contribution in [2.75, 3.05) is 0 Å². The first-order chi connectivity index (χ1) is 9.42. The van der Waals surface area contributed by atoms with Gasteiger partial charge in [-0.25, -0.2) is 4.79 Å². The van der Waals surface area contributed by atoms with E-state index in [-0.39, 0.29) is 5.76 Å². The minimum absolute atomic E-state index is 0.103. The van der Waals surface area contributed by atoms with Gasteiger partial charge in [0.25, 0.3) is 5.91 Å². The molecule has 1 aromatic carbocycles. The summed E-state index contributed by atoms with van der Waals surface area (Å²) < 4.78 is 6.25. The highest BCUT2D eigenvalue weighted by molar-refractivity contribution is 9.10. The van der Waals surface area contributed by atoms with Gasteiger partial charge in [0.05, 0.1) is 4.47 Å². The van der Waals surface area contributed by atoms with E-state index < -0.39 is 17.9 Å². The Morgan fingerprint density at radius 1 is 1.40 bits per heavy atom. The number of hydrogen-bond donors (Lipinski definition) is 2. The van der Waals surface area contributed by atoms with E-state index in [2.05, 4.69) is 21.2 Å². The molecule has 1 atom stereocenters. The van der Waals surface area contributed by atoms with Gasteiger partial charge in [0.2, 0.25) is 0 Å². The fourth-order valence-corrected chi connectivity index (χ4v) is 2.60. The summed E-state index contributed by atoms with van der Waals surface area (Å²) in [4.78, 5) is 22.9. The van der Waals surface area contributed by atoms with E-state index >= 15 is 0 Å². The molecule has 5 nitrogen and oxygen atoms in total. The zero-order valence-corrected chi connectivity index (χ0v) is 12.7.